The van der Waals surface area contributed by atoms with E-state index in [2.05, 4.69) is 0 Å². The fourth-order valence-electron chi connectivity index (χ4n) is 0.818. The Hall–Kier alpha value is -1.00. The molecule has 5 heteroatoms. The van der Waals surface area contributed by atoms with Gasteiger partial charge in [-0.3, -0.25) is 4.79 Å². The maximum atomic E-state index is 11.7. The second kappa shape index (κ2) is 5.67. The van der Waals surface area contributed by atoms with Gasteiger partial charge in [-0.1, -0.05) is 13.0 Å². The van der Waals surface area contributed by atoms with Gasteiger partial charge in [-0.05, 0) is 6.42 Å². The van der Waals surface area contributed by atoms with Gasteiger partial charge in [0.15, 0.2) is 0 Å². The van der Waals surface area contributed by atoms with Gasteiger partial charge in [-0.15, -0.1) is 0 Å². The van der Waals surface area contributed by atoms with Crippen LogP contribution in [0.5, 0.6) is 0 Å². The van der Waals surface area contributed by atoms with Crippen LogP contribution in [0, 0.1) is 0 Å². The molecule has 0 aliphatic heterocycles. The van der Waals surface area contributed by atoms with Crippen LogP contribution in [-0.4, -0.2) is 24.0 Å². The maximum absolute atomic E-state index is 11.7. The van der Waals surface area contributed by atoms with Gasteiger partial charge in [0.2, 0.25) is 5.91 Å². The van der Waals surface area contributed by atoms with Crippen LogP contribution in [0.1, 0.15) is 26.2 Å². The Morgan fingerprint density at radius 2 is 2.00 bits per heavy atom. The van der Waals surface area contributed by atoms with Crippen molar-refractivity contribution in [3.05, 3.63) is 12.3 Å². The molecule has 2 nitrogen and oxygen atoms in total. The predicted molar refractivity (Wildman–Crippen MR) is 47.5 cm³/mol. The molecule has 0 aromatic rings. The summed E-state index contributed by atoms with van der Waals surface area (Å²) in [5.74, 6) is -0.175. The number of amides is 1. The van der Waals surface area contributed by atoms with Crippen LogP contribution in [0.25, 0.3) is 0 Å². The highest BCUT2D eigenvalue weighted by Crippen LogP contribution is 2.19. The predicted octanol–water partition coefficient (Wildman–Crippen LogP) is 2.71. The lowest BCUT2D eigenvalue weighted by Crippen LogP contribution is -2.20. The summed E-state index contributed by atoms with van der Waals surface area (Å²) in [4.78, 5) is 12.3. The molecule has 0 heterocycles. The van der Waals surface area contributed by atoms with Crippen molar-refractivity contribution in [1.82, 2.24) is 4.90 Å². The summed E-state index contributed by atoms with van der Waals surface area (Å²) >= 11 is 0. The Morgan fingerprint density at radius 1 is 1.43 bits per heavy atom. The largest absolute Gasteiger partial charge is 0.392 e. The zero-order valence-electron chi connectivity index (χ0n) is 8.27. The molecular formula is C9H14F3NO. The van der Waals surface area contributed by atoms with E-state index in [1.54, 1.807) is 0 Å². The van der Waals surface area contributed by atoms with Gasteiger partial charge in [0, 0.05) is 19.7 Å². The van der Waals surface area contributed by atoms with E-state index in [1.165, 1.54) is 11.9 Å². The number of nitrogens with zero attached hydrogens (tertiary/aromatic N) is 1. The molecule has 0 spiro atoms. The molecule has 0 aromatic carbocycles. The van der Waals surface area contributed by atoms with Crippen LogP contribution in [0.4, 0.5) is 13.2 Å². The first kappa shape index (κ1) is 13.0. The lowest BCUT2D eigenvalue weighted by molar-refractivity contribution is -0.129. The summed E-state index contributed by atoms with van der Waals surface area (Å²) in [5, 5.41) is 0. The molecule has 0 aromatic heterocycles. The molecule has 14 heavy (non-hydrogen) atoms. The molecule has 0 bridgehead atoms. The molecule has 0 saturated carbocycles. The third kappa shape index (κ3) is 6.51. The first-order valence-electron chi connectivity index (χ1n) is 4.36. The molecule has 0 aliphatic carbocycles. The number of hydrogen-bond acceptors (Lipinski definition) is 1. The number of carbonyl (C=O) groups is 1. The lowest BCUT2D eigenvalue weighted by atomic mass is 10.3. The minimum Gasteiger partial charge on any atom is -0.322 e. The van der Waals surface area contributed by atoms with Crippen molar-refractivity contribution in [3.8, 4) is 0 Å². The zero-order valence-corrected chi connectivity index (χ0v) is 8.27. The van der Waals surface area contributed by atoms with Crippen LogP contribution >= 0.6 is 0 Å². The quantitative estimate of drug-likeness (QED) is 0.697. The molecule has 0 rings (SSSR count). The average molecular weight is 209 g/mol. The van der Waals surface area contributed by atoms with E-state index in [0.717, 1.165) is 12.3 Å². The number of halogens is 3. The molecule has 0 unspecified atom stereocenters. The summed E-state index contributed by atoms with van der Waals surface area (Å²) in [6.45, 7) is 1.84. The highest BCUT2D eigenvalue weighted by molar-refractivity contribution is 5.76. The summed E-state index contributed by atoms with van der Waals surface area (Å²) in [5.41, 5.74) is 0. The molecule has 0 saturated heterocycles. The number of allylic oxidation sites excluding steroid dienone is 1. The SMILES string of the molecule is CCCC(=O)N(C)/C=C\CC(F)(F)F. The summed E-state index contributed by atoms with van der Waals surface area (Å²) in [6, 6.07) is 0. The standard InChI is InChI=1S/C9H14F3NO/c1-3-5-8(14)13(2)7-4-6-9(10,11)12/h4,7H,3,5-6H2,1-2H3/b7-4-. The molecule has 0 N–H and O–H groups in total. The van der Waals surface area contributed by atoms with Crippen molar-refractivity contribution in [2.24, 2.45) is 0 Å². The van der Waals surface area contributed by atoms with Gasteiger partial charge in [-0.2, -0.15) is 13.2 Å². The van der Waals surface area contributed by atoms with Crippen LogP contribution in [-0.2, 0) is 4.79 Å². The Balaban J connectivity index is 3.93. The monoisotopic (exact) mass is 209 g/mol. The third-order valence-electron chi connectivity index (χ3n) is 1.54. The van der Waals surface area contributed by atoms with Gasteiger partial charge in [0.1, 0.15) is 0 Å². The first-order valence-corrected chi connectivity index (χ1v) is 4.36. The minimum absolute atomic E-state index is 0.175. The minimum atomic E-state index is -4.20. The van der Waals surface area contributed by atoms with Crippen LogP contribution in [0.15, 0.2) is 12.3 Å². The molecular weight excluding hydrogens is 195 g/mol. The summed E-state index contributed by atoms with van der Waals surface area (Å²) in [7, 11) is 1.45. The maximum Gasteiger partial charge on any atom is 0.392 e. The van der Waals surface area contributed by atoms with Crippen LogP contribution in [0.3, 0.4) is 0 Å². The van der Waals surface area contributed by atoms with Gasteiger partial charge < -0.3 is 4.90 Å². The fraction of sp³-hybridized carbons (Fsp3) is 0.667. The van der Waals surface area contributed by atoms with Crippen LogP contribution in [0.2, 0.25) is 0 Å². The normalized spacial score (nSPS) is 12.1. The van der Waals surface area contributed by atoms with Crippen molar-refractivity contribution in [2.45, 2.75) is 32.4 Å². The summed E-state index contributed by atoms with van der Waals surface area (Å²) < 4.78 is 35.1. The highest BCUT2D eigenvalue weighted by Gasteiger charge is 2.24. The fourth-order valence-corrected chi connectivity index (χ4v) is 0.818. The van der Waals surface area contributed by atoms with E-state index in [0.29, 0.717) is 12.8 Å². The van der Waals surface area contributed by atoms with E-state index < -0.39 is 12.6 Å². The third-order valence-corrected chi connectivity index (χ3v) is 1.54. The van der Waals surface area contributed by atoms with Gasteiger partial charge in [-0.25, -0.2) is 0 Å². The Bertz CT molecular complexity index is 211. The van der Waals surface area contributed by atoms with Crippen molar-refractivity contribution >= 4 is 5.91 Å². The first-order chi connectivity index (χ1) is 6.37. The molecule has 82 valence electrons. The average Bonchev–Trinajstić information content (AvgIpc) is 2.02. The smallest absolute Gasteiger partial charge is 0.322 e. The number of alkyl halides is 3. The zero-order chi connectivity index (χ0) is 11.2. The Morgan fingerprint density at radius 3 is 2.43 bits per heavy atom. The van der Waals surface area contributed by atoms with Gasteiger partial charge in [0.25, 0.3) is 0 Å². The van der Waals surface area contributed by atoms with E-state index in [1.807, 2.05) is 6.92 Å². The van der Waals surface area contributed by atoms with E-state index in [9.17, 15) is 18.0 Å². The molecule has 0 atom stereocenters. The topological polar surface area (TPSA) is 20.3 Å². The lowest BCUT2D eigenvalue weighted by Gasteiger charge is -2.11. The van der Waals surface area contributed by atoms with Gasteiger partial charge >= 0.3 is 6.18 Å². The second-order valence-electron chi connectivity index (χ2n) is 2.96. The molecule has 0 radical (unpaired) electrons. The molecule has 1 amide bonds. The van der Waals surface area contributed by atoms with E-state index in [-0.39, 0.29) is 5.91 Å². The van der Waals surface area contributed by atoms with Crippen molar-refractivity contribution in [2.75, 3.05) is 7.05 Å². The number of rotatable bonds is 4. The van der Waals surface area contributed by atoms with E-state index >= 15 is 0 Å². The van der Waals surface area contributed by atoms with Crippen molar-refractivity contribution < 1.29 is 18.0 Å². The van der Waals surface area contributed by atoms with Crippen molar-refractivity contribution in [1.29, 1.82) is 0 Å². The van der Waals surface area contributed by atoms with Crippen molar-refractivity contribution in [3.63, 3.8) is 0 Å². The van der Waals surface area contributed by atoms with Gasteiger partial charge in [0.05, 0.1) is 6.42 Å². The molecule has 0 aliphatic rings. The highest BCUT2D eigenvalue weighted by atomic mass is 19.4. The Labute approximate surface area is 81.4 Å². The molecule has 0 fully saturated rings. The second-order valence-corrected chi connectivity index (χ2v) is 2.96. The number of hydrogen-bond donors (Lipinski definition) is 0. The Kier molecular flexibility index (Phi) is 5.27. The number of carbonyl (C=O) groups excluding carboxylic acids is 1. The van der Waals surface area contributed by atoms with E-state index in [4.69, 9.17) is 0 Å². The summed E-state index contributed by atoms with van der Waals surface area (Å²) in [6.07, 6.45) is -2.07. The van der Waals surface area contributed by atoms with Crippen LogP contribution < -0.4 is 0 Å².